The van der Waals surface area contributed by atoms with Gasteiger partial charge in [-0.3, -0.25) is 9.78 Å². The quantitative estimate of drug-likeness (QED) is 0.483. The first kappa shape index (κ1) is 26.3. The molecular weight excluding hydrogens is 477 g/mol. The van der Waals surface area contributed by atoms with Crippen LogP contribution in [0.1, 0.15) is 21.6 Å². The molecule has 3 aromatic rings. The van der Waals surface area contributed by atoms with Crippen LogP contribution in [0.4, 0.5) is 30.5 Å². The number of benzene rings is 1. The topological polar surface area (TPSA) is 134 Å². The summed E-state index contributed by atoms with van der Waals surface area (Å²) in [5, 5.41) is 9.96. The number of amides is 1. The van der Waals surface area contributed by atoms with E-state index in [9.17, 15) is 18.0 Å². The lowest BCUT2D eigenvalue weighted by molar-refractivity contribution is -0.192. The Kier molecular flexibility index (Phi) is 8.73. The van der Waals surface area contributed by atoms with Gasteiger partial charge in [0.1, 0.15) is 0 Å². The molecule has 9 nitrogen and oxygen atoms in total. The summed E-state index contributed by atoms with van der Waals surface area (Å²) < 4.78 is 31.7. The van der Waals surface area contributed by atoms with Gasteiger partial charge in [-0.15, -0.1) is 0 Å². The van der Waals surface area contributed by atoms with E-state index in [0.29, 0.717) is 18.1 Å². The third kappa shape index (κ3) is 7.30. The Morgan fingerprint density at radius 1 is 1.18 bits per heavy atom. The van der Waals surface area contributed by atoms with Crippen LogP contribution in [0, 0.1) is 6.92 Å². The van der Waals surface area contributed by atoms with Gasteiger partial charge >= 0.3 is 12.1 Å². The molecule has 180 valence electrons. The predicted molar refractivity (Wildman–Crippen MR) is 121 cm³/mol. The number of nitrogens with two attached hydrogens (primary N) is 1. The second-order valence-corrected chi connectivity index (χ2v) is 7.22. The molecule has 3 rings (SSSR count). The van der Waals surface area contributed by atoms with Gasteiger partial charge in [0.2, 0.25) is 0 Å². The van der Waals surface area contributed by atoms with Gasteiger partial charge in [0.25, 0.3) is 5.91 Å². The molecule has 0 bridgehead atoms. The van der Waals surface area contributed by atoms with Crippen LogP contribution in [0.25, 0.3) is 0 Å². The van der Waals surface area contributed by atoms with Crippen LogP contribution in [0.15, 0.2) is 48.8 Å². The highest BCUT2D eigenvalue weighted by atomic mass is 35.5. The minimum Gasteiger partial charge on any atom is -0.475 e. The number of aryl methyl sites for hydroxylation is 1. The number of anilines is 3. The summed E-state index contributed by atoms with van der Waals surface area (Å²) in [5.74, 6) is -2.83. The first-order valence-electron chi connectivity index (χ1n) is 9.50. The van der Waals surface area contributed by atoms with Crippen molar-refractivity contribution in [1.29, 1.82) is 0 Å². The van der Waals surface area contributed by atoms with E-state index in [2.05, 4.69) is 20.3 Å². The maximum atomic E-state index is 12.5. The molecule has 0 spiro atoms. The lowest BCUT2D eigenvalue weighted by atomic mass is 10.2. The number of carboxylic acids is 1. The average molecular weight is 497 g/mol. The highest BCUT2D eigenvalue weighted by molar-refractivity contribution is 6.32. The van der Waals surface area contributed by atoms with Crippen molar-refractivity contribution in [3.63, 3.8) is 0 Å². The van der Waals surface area contributed by atoms with Gasteiger partial charge in [0, 0.05) is 19.8 Å². The van der Waals surface area contributed by atoms with Gasteiger partial charge in [0.15, 0.2) is 22.5 Å². The molecule has 0 saturated carbocycles. The number of carbonyl (C=O) groups excluding carboxylic acids is 1. The van der Waals surface area contributed by atoms with Crippen LogP contribution in [0.3, 0.4) is 0 Å². The van der Waals surface area contributed by atoms with E-state index in [1.807, 2.05) is 49.2 Å². The highest BCUT2D eigenvalue weighted by Crippen LogP contribution is 2.25. The van der Waals surface area contributed by atoms with Crippen LogP contribution in [-0.4, -0.2) is 45.2 Å². The standard InChI is InChI=1S/C19H19ClN6O.C2HF3O2/c1-12-8-9-22-10-14(12)23-19(27)15-17(21)25-18(16(20)24-15)26(2)11-13-6-4-3-5-7-13;3-2(4,5)1(6)7/h3-10H,11H2,1-2H3,(H2,21,25)(H,23,27);(H,6,7). The van der Waals surface area contributed by atoms with Gasteiger partial charge in [-0.1, -0.05) is 41.9 Å². The summed E-state index contributed by atoms with van der Waals surface area (Å²) in [7, 11) is 1.83. The van der Waals surface area contributed by atoms with Crippen molar-refractivity contribution >= 4 is 40.8 Å². The maximum absolute atomic E-state index is 12.5. The van der Waals surface area contributed by atoms with Crippen LogP contribution in [0.5, 0.6) is 0 Å². The summed E-state index contributed by atoms with van der Waals surface area (Å²) in [6, 6.07) is 11.7. The van der Waals surface area contributed by atoms with Crippen molar-refractivity contribution in [3.05, 3.63) is 70.8 Å². The molecule has 0 fully saturated rings. The van der Waals surface area contributed by atoms with Crippen LogP contribution >= 0.6 is 11.6 Å². The molecule has 34 heavy (non-hydrogen) atoms. The molecule has 2 heterocycles. The molecular formula is C21H20ClF3N6O3. The number of alkyl halides is 3. The zero-order chi connectivity index (χ0) is 25.5. The minimum atomic E-state index is -5.08. The van der Waals surface area contributed by atoms with E-state index >= 15 is 0 Å². The van der Waals surface area contributed by atoms with E-state index in [-0.39, 0.29) is 16.7 Å². The summed E-state index contributed by atoms with van der Waals surface area (Å²) in [6.07, 6.45) is -1.88. The number of pyridine rings is 1. The number of carbonyl (C=O) groups is 2. The van der Waals surface area contributed by atoms with Crippen molar-refractivity contribution in [2.24, 2.45) is 0 Å². The minimum absolute atomic E-state index is 0.00774. The third-order valence-corrected chi connectivity index (χ3v) is 4.49. The number of aliphatic carboxylic acids is 1. The SMILES string of the molecule is Cc1ccncc1NC(=O)c1nc(Cl)c(N(C)Cc2ccccc2)nc1N.O=C(O)C(F)(F)F. The fourth-order valence-corrected chi connectivity index (χ4v) is 2.81. The number of aromatic nitrogens is 3. The molecule has 0 aliphatic rings. The Morgan fingerprint density at radius 2 is 1.79 bits per heavy atom. The molecule has 0 radical (unpaired) electrons. The number of carboxylic acid groups (broad SMARTS) is 1. The third-order valence-electron chi connectivity index (χ3n) is 4.23. The highest BCUT2D eigenvalue weighted by Gasteiger charge is 2.38. The Bertz CT molecular complexity index is 1160. The number of nitrogens with zero attached hydrogens (tertiary/aromatic N) is 4. The Labute approximate surface area is 197 Å². The first-order valence-corrected chi connectivity index (χ1v) is 9.88. The molecule has 13 heteroatoms. The van der Waals surface area contributed by atoms with E-state index in [0.717, 1.165) is 11.1 Å². The van der Waals surface area contributed by atoms with E-state index in [1.54, 1.807) is 18.5 Å². The molecule has 0 atom stereocenters. The lowest BCUT2D eigenvalue weighted by Gasteiger charge is -2.20. The van der Waals surface area contributed by atoms with Crippen molar-refractivity contribution < 1.29 is 27.9 Å². The molecule has 4 N–H and O–H groups in total. The van der Waals surface area contributed by atoms with Gasteiger partial charge in [-0.2, -0.15) is 13.2 Å². The van der Waals surface area contributed by atoms with Crippen LogP contribution < -0.4 is 16.0 Å². The predicted octanol–water partition coefficient (Wildman–Crippen LogP) is 3.94. The zero-order valence-corrected chi connectivity index (χ0v) is 18.7. The average Bonchev–Trinajstić information content (AvgIpc) is 2.77. The summed E-state index contributed by atoms with van der Waals surface area (Å²) >= 11 is 6.28. The molecule has 1 aromatic carbocycles. The fraction of sp³-hybridized carbons (Fsp3) is 0.190. The second kappa shape index (κ2) is 11.3. The van der Waals surface area contributed by atoms with Gasteiger partial charge in [-0.25, -0.2) is 14.8 Å². The Morgan fingerprint density at radius 3 is 2.35 bits per heavy atom. The smallest absolute Gasteiger partial charge is 0.475 e. The Balaban J connectivity index is 0.000000509. The fourth-order valence-electron chi connectivity index (χ4n) is 2.54. The molecule has 0 aliphatic heterocycles. The number of nitrogen functional groups attached to an aromatic ring is 1. The maximum Gasteiger partial charge on any atom is 0.490 e. The lowest BCUT2D eigenvalue weighted by Crippen LogP contribution is -2.22. The van der Waals surface area contributed by atoms with E-state index in [4.69, 9.17) is 27.2 Å². The number of nitrogens with one attached hydrogen (secondary N) is 1. The Hall–Kier alpha value is -3.93. The van der Waals surface area contributed by atoms with Crippen LogP contribution in [0.2, 0.25) is 5.15 Å². The second-order valence-electron chi connectivity index (χ2n) is 6.86. The molecule has 0 unspecified atom stereocenters. The number of rotatable bonds is 5. The van der Waals surface area contributed by atoms with Gasteiger partial charge in [-0.05, 0) is 24.1 Å². The van der Waals surface area contributed by atoms with Crippen molar-refractivity contribution in [3.8, 4) is 0 Å². The van der Waals surface area contributed by atoms with E-state index in [1.165, 1.54) is 0 Å². The van der Waals surface area contributed by atoms with Crippen molar-refractivity contribution in [2.45, 2.75) is 19.6 Å². The molecule has 0 saturated heterocycles. The normalized spacial score (nSPS) is 10.6. The van der Waals surface area contributed by atoms with E-state index < -0.39 is 18.1 Å². The molecule has 0 aliphatic carbocycles. The van der Waals surface area contributed by atoms with Gasteiger partial charge in [0.05, 0.1) is 11.9 Å². The first-order chi connectivity index (χ1) is 15.9. The summed E-state index contributed by atoms with van der Waals surface area (Å²) in [4.78, 5) is 35.7. The summed E-state index contributed by atoms with van der Waals surface area (Å²) in [6.45, 7) is 2.44. The largest absolute Gasteiger partial charge is 0.490 e. The number of hydrogen-bond acceptors (Lipinski definition) is 7. The van der Waals surface area contributed by atoms with Crippen LogP contribution in [-0.2, 0) is 11.3 Å². The van der Waals surface area contributed by atoms with Crippen molar-refractivity contribution in [2.75, 3.05) is 23.0 Å². The number of hydrogen-bond donors (Lipinski definition) is 3. The van der Waals surface area contributed by atoms with Crippen molar-refractivity contribution in [1.82, 2.24) is 15.0 Å². The number of halogens is 4. The monoisotopic (exact) mass is 496 g/mol. The zero-order valence-electron chi connectivity index (χ0n) is 18.0. The molecule has 2 aromatic heterocycles. The molecule has 1 amide bonds. The van der Waals surface area contributed by atoms with Gasteiger partial charge < -0.3 is 21.1 Å². The summed E-state index contributed by atoms with van der Waals surface area (Å²) in [5.41, 5.74) is 8.48.